The Morgan fingerprint density at radius 1 is 1.25 bits per heavy atom. The first-order valence-corrected chi connectivity index (χ1v) is 6.71. The molecule has 118 valence electrons. The number of amides is 1. The monoisotopic (exact) mass is 292 g/mol. The van der Waals surface area contributed by atoms with E-state index >= 15 is 0 Å². The number of rotatable bonds is 11. The topological polar surface area (TPSA) is 119 Å². The average Bonchev–Trinajstić information content (AvgIpc) is 2.38. The van der Waals surface area contributed by atoms with Gasteiger partial charge in [-0.05, 0) is 18.8 Å². The summed E-state index contributed by atoms with van der Waals surface area (Å²) in [5.74, 6) is -1.43. The Morgan fingerprint density at radius 3 is 2.40 bits per heavy atom. The van der Waals surface area contributed by atoms with E-state index < -0.39 is 12.0 Å². The molecule has 20 heavy (non-hydrogen) atoms. The molecule has 0 radical (unpaired) electrons. The molecule has 0 bridgehead atoms. The van der Waals surface area contributed by atoms with Crippen molar-refractivity contribution < 1.29 is 29.9 Å². The Bertz CT molecular complexity index is 298. The van der Waals surface area contributed by atoms with Gasteiger partial charge in [-0.1, -0.05) is 26.7 Å². The number of aliphatic carboxylic acids is 1. The minimum Gasteiger partial charge on any atom is -0.480 e. The molecule has 2 unspecified atom stereocenters. The summed E-state index contributed by atoms with van der Waals surface area (Å²) in [5.41, 5.74) is 0. The molecule has 0 saturated carbocycles. The van der Waals surface area contributed by atoms with Crippen LogP contribution in [0.3, 0.4) is 0 Å². The van der Waals surface area contributed by atoms with E-state index in [1.54, 1.807) is 6.92 Å². The van der Waals surface area contributed by atoms with Crippen LogP contribution in [-0.4, -0.2) is 45.4 Å². The molecule has 8 heteroatoms. The SMILES string of the molecule is CCC(C)C(NC(=O)CCCCCON(O)O)C(=O)O. The van der Waals surface area contributed by atoms with Crippen molar-refractivity contribution in [2.24, 2.45) is 5.92 Å². The molecule has 0 aliphatic carbocycles. The van der Waals surface area contributed by atoms with Crippen LogP contribution >= 0.6 is 0 Å². The van der Waals surface area contributed by atoms with Crippen LogP contribution in [0.4, 0.5) is 0 Å². The molecule has 2 atom stereocenters. The van der Waals surface area contributed by atoms with Crippen molar-refractivity contribution in [1.82, 2.24) is 10.7 Å². The first-order valence-electron chi connectivity index (χ1n) is 6.71. The summed E-state index contributed by atoms with van der Waals surface area (Å²) in [6, 6.07) is -0.854. The average molecular weight is 292 g/mol. The second-order valence-electron chi connectivity index (χ2n) is 4.67. The fourth-order valence-corrected chi connectivity index (χ4v) is 1.64. The van der Waals surface area contributed by atoms with Crippen LogP contribution in [0.2, 0.25) is 0 Å². The van der Waals surface area contributed by atoms with Gasteiger partial charge in [0.15, 0.2) is 0 Å². The minimum absolute atomic E-state index is 0.120. The highest BCUT2D eigenvalue weighted by Crippen LogP contribution is 2.09. The third kappa shape index (κ3) is 8.81. The van der Waals surface area contributed by atoms with Crippen molar-refractivity contribution in [2.45, 2.75) is 52.0 Å². The molecule has 0 spiro atoms. The minimum atomic E-state index is -1.02. The molecular formula is C12H24N2O6. The number of carbonyl (C=O) groups excluding carboxylic acids is 1. The zero-order chi connectivity index (χ0) is 15.5. The molecule has 0 aromatic heterocycles. The second-order valence-corrected chi connectivity index (χ2v) is 4.67. The Balaban J connectivity index is 3.83. The zero-order valence-electron chi connectivity index (χ0n) is 11.9. The highest BCUT2D eigenvalue weighted by atomic mass is 17.1. The van der Waals surface area contributed by atoms with E-state index in [0.29, 0.717) is 25.7 Å². The summed E-state index contributed by atoms with van der Waals surface area (Å²) in [5, 5.41) is 27.7. The number of unbranched alkanes of at least 4 members (excludes halogenated alkanes) is 2. The lowest BCUT2D eigenvalue weighted by Gasteiger charge is -2.20. The van der Waals surface area contributed by atoms with Crippen LogP contribution in [0.5, 0.6) is 0 Å². The number of hydrogen-bond donors (Lipinski definition) is 4. The van der Waals surface area contributed by atoms with Crippen molar-refractivity contribution in [1.29, 1.82) is 0 Å². The number of hydrogen-bond acceptors (Lipinski definition) is 6. The molecule has 1 amide bonds. The maximum atomic E-state index is 11.6. The van der Waals surface area contributed by atoms with Gasteiger partial charge in [0.05, 0.1) is 12.0 Å². The van der Waals surface area contributed by atoms with E-state index in [2.05, 4.69) is 10.2 Å². The maximum Gasteiger partial charge on any atom is 0.326 e. The number of carboxylic acids is 1. The van der Waals surface area contributed by atoms with E-state index in [9.17, 15) is 9.59 Å². The lowest BCUT2D eigenvalue weighted by molar-refractivity contribution is -0.492. The van der Waals surface area contributed by atoms with E-state index in [1.807, 2.05) is 6.92 Å². The third-order valence-corrected chi connectivity index (χ3v) is 3.05. The van der Waals surface area contributed by atoms with Gasteiger partial charge in [0, 0.05) is 6.42 Å². The van der Waals surface area contributed by atoms with Crippen molar-refractivity contribution in [3.05, 3.63) is 0 Å². The number of carboxylic acid groups (broad SMARTS) is 1. The van der Waals surface area contributed by atoms with E-state index in [1.165, 1.54) is 0 Å². The van der Waals surface area contributed by atoms with Gasteiger partial charge < -0.3 is 10.4 Å². The van der Waals surface area contributed by atoms with Gasteiger partial charge in [0.2, 0.25) is 5.91 Å². The van der Waals surface area contributed by atoms with Gasteiger partial charge >= 0.3 is 5.97 Å². The normalized spacial score (nSPS) is 14.1. The van der Waals surface area contributed by atoms with Crippen molar-refractivity contribution in [2.75, 3.05) is 6.61 Å². The summed E-state index contributed by atoms with van der Waals surface area (Å²) in [7, 11) is 0. The first-order chi connectivity index (χ1) is 9.38. The third-order valence-electron chi connectivity index (χ3n) is 3.05. The highest BCUT2D eigenvalue weighted by molar-refractivity contribution is 5.83. The Hall–Kier alpha value is -1.22. The van der Waals surface area contributed by atoms with E-state index in [0.717, 1.165) is 0 Å². The molecule has 0 rings (SSSR count). The van der Waals surface area contributed by atoms with Crippen molar-refractivity contribution in [3.63, 3.8) is 0 Å². The van der Waals surface area contributed by atoms with Gasteiger partial charge in [-0.15, -0.1) is 0 Å². The fourth-order valence-electron chi connectivity index (χ4n) is 1.64. The van der Waals surface area contributed by atoms with Gasteiger partial charge in [-0.3, -0.25) is 20.0 Å². The summed E-state index contributed by atoms with van der Waals surface area (Å²) in [6.45, 7) is 3.80. The standard InChI is InChI=1S/C12H24N2O6/c1-3-9(2)11(12(16)17)13-10(15)7-5-4-6-8-20-14(18)19/h9,11,18-19H,3-8H2,1-2H3,(H,13,15)(H,16,17). The van der Waals surface area contributed by atoms with Crippen LogP contribution in [0.15, 0.2) is 0 Å². The predicted molar refractivity (Wildman–Crippen MR) is 68.9 cm³/mol. The molecule has 0 saturated heterocycles. The van der Waals surface area contributed by atoms with E-state index in [4.69, 9.17) is 15.5 Å². The van der Waals surface area contributed by atoms with Gasteiger partial charge in [0.25, 0.3) is 0 Å². The highest BCUT2D eigenvalue weighted by Gasteiger charge is 2.24. The smallest absolute Gasteiger partial charge is 0.326 e. The molecule has 0 aliphatic heterocycles. The zero-order valence-corrected chi connectivity index (χ0v) is 11.9. The molecule has 0 fully saturated rings. The van der Waals surface area contributed by atoms with Crippen LogP contribution in [0, 0.1) is 5.92 Å². The first kappa shape index (κ1) is 18.8. The maximum absolute atomic E-state index is 11.6. The van der Waals surface area contributed by atoms with Crippen LogP contribution in [0.1, 0.15) is 46.0 Å². The Kier molecular flexibility index (Phi) is 9.91. The molecule has 0 aliphatic rings. The van der Waals surface area contributed by atoms with Crippen LogP contribution in [0.25, 0.3) is 0 Å². The van der Waals surface area contributed by atoms with Crippen molar-refractivity contribution >= 4 is 11.9 Å². The van der Waals surface area contributed by atoms with Crippen molar-refractivity contribution in [3.8, 4) is 0 Å². The Labute approximate surface area is 118 Å². The lowest BCUT2D eigenvalue weighted by atomic mass is 9.99. The summed E-state index contributed by atoms with van der Waals surface area (Å²) >= 11 is 0. The van der Waals surface area contributed by atoms with Gasteiger partial charge in [0.1, 0.15) is 6.04 Å². The number of nitrogens with zero attached hydrogens (tertiary/aromatic N) is 1. The Morgan fingerprint density at radius 2 is 1.90 bits per heavy atom. The van der Waals surface area contributed by atoms with Crippen LogP contribution in [-0.2, 0) is 14.4 Å². The number of carbonyl (C=O) groups is 2. The van der Waals surface area contributed by atoms with Gasteiger partial charge in [-0.25, -0.2) is 4.79 Å². The summed E-state index contributed by atoms with van der Waals surface area (Å²) in [6.07, 6.45) is 2.73. The lowest BCUT2D eigenvalue weighted by Crippen LogP contribution is -2.44. The molecule has 0 aromatic carbocycles. The molecule has 0 aromatic rings. The largest absolute Gasteiger partial charge is 0.480 e. The summed E-state index contributed by atoms with van der Waals surface area (Å²) < 4.78 is 0. The van der Waals surface area contributed by atoms with E-state index in [-0.39, 0.29) is 30.2 Å². The molecule has 4 N–H and O–H groups in total. The quantitative estimate of drug-likeness (QED) is 0.333. The molecule has 0 heterocycles. The second kappa shape index (κ2) is 10.6. The summed E-state index contributed by atoms with van der Waals surface area (Å²) in [4.78, 5) is 27.0. The number of nitrogens with one attached hydrogen (secondary N) is 1. The fraction of sp³-hybridized carbons (Fsp3) is 0.833. The van der Waals surface area contributed by atoms with Crippen LogP contribution < -0.4 is 5.32 Å². The van der Waals surface area contributed by atoms with Gasteiger partial charge in [-0.2, -0.15) is 0 Å². The predicted octanol–water partition coefficient (Wildman–Crippen LogP) is 1.17. The molecular weight excluding hydrogens is 268 g/mol. The molecule has 8 nitrogen and oxygen atoms in total.